The van der Waals surface area contributed by atoms with Crippen LogP contribution in [-0.2, 0) is 11.8 Å². The van der Waals surface area contributed by atoms with Gasteiger partial charge in [-0.2, -0.15) is 0 Å². The zero-order valence-corrected chi connectivity index (χ0v) is 17.0. The Morgan fingerprint density at radius 2 is 1.74 bits per heavy atom. The number of carbonyl (C=O) groups is 1. The van der Waals surface area contributed by atoms with Crippen LogP contribution in [0.5, 0.6) is 0 Å². The second-order valence-electron chi connectivity index (χ2n) is 7.20. The molecule has 5 aromatic rings. The zero-order valence-electron chi connectivity index (χ0n) is 17.0. The van der Waals surface area contributed by atoms with Crippen molar-refractivity contribution in [3.8, 4) is 11.3 Å². The predicted octanol–water partition coefficient (Wildman–Crippen LogP) is 4.71. The molecule has 7 nitrogen and oxygen atoms in total. The van der Waals surface area contributed by atoms with Gasteiger partial charge in [-0.05, 0) is 30.3 Å². The Morgan fingerprint density at radius 1 is 0.968 bits per heavy atom. The molecule has 152 valence electrons. The molecule has 0 saturated heterocycles. The lowest BCUT2D eigenvalue weighted by Crippen LogP contribution is -2.01. The molecule has 0 fully saturated rings. The average Bonchev–Trinajstić information content (AvgIpc) is 3.19. The van der Waals surface area contributed by atoms with Gasteiger partial charge in [0, 0.05) is 29.1 Å². The first-order chi connectivity index (χ1) is 15.1. The van der Waals surface area contributed by atoms with Crippen molar-refractivity contribution < 1.29 is 9.53 Å². The van der Waals surface area contributed by atoms with Crippen molar-refractivity contribution in [2.75, 3.05) is 12.4 Å². The van der Waals surface area contributed by atoms with Crippen molar-refractivity contribution in [2.24, 2.45) is 7.05 Å². The summed E-state index contributed by atoms with van der Waals surface area (Å²) in [5, 5.41) is 14.2. The van der Waals surface area contributed by atoms with Gasteiger partial charge in [0.2, 0.25) is 0 Å². The summed E-state index contributed by atoms with van der Waals surface area (Å²) < 4.78 is 6.75. The van der Waals surface area contributed by atoms with Gasteiger partial charge in [0.05, 0.1) is 30.0 Å². The molecule has 0 spiro atoms. The largest absolute Gasteiger partial charge is 0.465 e. The molecule has 1 N–H and O–H groups in total. The third-order valence-electron chi connectivity index (χ3n) is 5.25. The number of aromatic nitrogens is 4. The second-order valence-corrected chi connectivity index (χ2v) is 7.20. The molecule has 0 saturated carbocycles. The lowest BCUT2D eigenvalue weighted by molar-refractivity contribution is 0.0601. The van der Waals surface area contributed by atoms with Crippen LogP contribution in [0.15, 0.2) is 73.1 Å². The van der Waals surface area contributed by atoms with E-state index in [9.17, 15) is 4.79 Å². The summed E-state index contributed by atoms with van der Waals surface area (Å²) in [4.78, 5) is 16.1. The maximum Gasteiger partial charge on any atom is 0.337 e. The number of esters is 1. The van der Waals surface area contributed by atoms with E-state index in [0.717, 1.165) is 38.8 Å². The van der Waals surface area contributed by atoms with Crippen LogP contribution in [-0.4, -0.2) is 32.8 Å². The minimum atomic E-state index is -0.369. The van der Waals surface area contributed by atoms with E-state index < -0.39 is 0 Å². The highest BCUT2D eigenvalue weighted by Gasteiger charge is 2.13. The summed E-state index contributed by atoms with van der Waals surface area (Å²) in [5.74, 6) is 0.299. The van der Waals surface area contributed by atoms with Gasteiger partial charge in [-0.1, -0.05) is 36.4 Å². The second kappa shape index (κ2) is 7.53. The molecule has 31 heavy (non-hydrogen) atoms. The molecule has 2 heterocycles. The van der Waals surface area contributed by atoms with Crippen molar-refractivity contribution in [1.29, 1.82) is 0 Å². The van der Waals surface area contributed by atoms with Crippen LogP contribution in [0.3, 0.4) is 0 Å². The molecular weight excluding hydrogens is 390 g/mol. The number of hydrogen-bond donors (Lipinski definition) is 1. The van der Waals surface area contributed by atoms with Gasteiger partial charge in [0.1, 0.15) is 5.69 Å². The number of fused-ring (bicyclic) bond motifs is 2. The molecular formula is C24H19N5O2. The first kappa shape index (κ1) is 18.7. The molecule has 0 aliphatic rings. The number of ether oxygens (including phenoxy) is 1. The van der Waals surface area contributed by atoms with Gasteiger partial charge in [-0.15, -0.1) is 10.2 Å². The number of benzene rings is 3. The van der Waals surface area contributed by atoms with E-state index in [-0.39, 0.29) is 5.97 Å². The number of rotatable bonds is 4. The molecule has 0 amide bonds. The van der Waals surface area contributed by atoms with Crippen LogP contribution >= 0.6 is 0 Å². The quantitative estimate of drug-likeness (QED) is 0.433. The maximum atomic E-state index is 11.7. The fraction of sp³-hybridized carbons (Fsp3) is 0.0833. The summed E-state index contributed by atoms with van der Waals surface area (Å²) >= 11 is 0. The van der Waals surface area contributed by atoms with Gasteiger partial charge in [-0.25, -0.2) is 9.78 Å². The monoisotopic (exact) mass is 409 g/mol. The summed E-state index contributed by atoms with van der Waals surface area (Å²) in [6.07, 6.45) is 1.80. The predicted molar refractivity (Wildman–Crippen MR) is 120 cm³/mol. The fourth-order valence-electron chi connectivity index (χ4n) is 3.64. The number of methoxy groups -OCH3 is 1. The van der Waals surface area contributed by atoms with Crippen LogP contribution in [0, 0.1) is 0 Å². The first-order valence-electron chi connectivity index (χ1n) is 9.76. The van der Waals surface area contributed by atoms with E-state index in [2.05, 4.69) is 20.5 Å². The standard InChI is InChI=1S/C24H19N5O2/c1-29-14-25-20-13-17(11-12-21(20)29)26-23-19-6-4-3-5-18(19)22(27-28-23)15-7-9-16(10-8-15)24(30)31-2/h3-14H,1-2H3,(H,26,28). The molecule has 0 radical (unpaired) electrons. The van der Waals surface area contributed by atoms with E-state index in [1.807, 2.05) is 66.2 Å². The van der Waals surface area contributed by atoms with Gasteiger partial charge >= 0.3 is 5.97 Å². The van der Waals surface area contributed by atoms with Crippen LogP contribution in [0.25, 0.3) is 33.1 Å². The molecule has 3 aromatic carbocycles. The van der Waals surface area contributed by atoms with Crippen molar-refractivity contribution in [3.63, 3.8) is 0 Å². The van der Waals surface area contributed by atoms with Crippen LogP contribution in [0.1, 0.15) is 10.4 Å². The summed E-state index contributed by atoms with van der Waals surface area (Å²) in [6.45, 7) is 0. The Labute approximate surface area is 178 Å². The summed E-state index contributed by atoms with van der Waals surface area (Å²) in [7, 11) is 3.34. The molecule has 0 atom stereocenters. The smallest absolute Gasteiger partial charge is 0.337 e. The maximum absolute atomic E-state index is 11.7. The van der Waals surface area contributed by atoms with E-state index in [1.54, 1.807) is 18.5 Å². The highest BCUT2D eigenvalue weighted by Crippen LogP contribution is 2.31. The molecule has 0 bridgehead atoms. The minimum absolute atomic E-state index is 0.369. The number of imidazole rings is 1. The van der Waals surface area contributed by atoms with Crippen LogP contribution in [0.2, 0.25) is 0 Å². The highest BCUT2D eigenvalue weighted by molar-refractivity contribution is 6.01. The van der Waals surface area contributed by atoms with Crippen molar-refractivity contribution in [3.05, 3.63) is 78.6 Å². The molecule has 0 unspecified atom stereocenters. The Hall–Kier alpha value is -4.26. The number of anilines is 2. The number of hydrogen-bond acceptors (Lipinski definition) is 6. The van der Waals surface area contributed by atoms with E-state index in [0.29, 0.717) is 11.4 Å². The van der Waals surface area contributed by atoms with Crippen molar-refractivity contribution in [1.82, 2.24) is 19.7 Å². The lowest BCUT2D eigenvalue weighted by Gasteiger charge is -2.11. The van der Waals surface area contributed by atoms with Gasteiger partial charge in [0.25, 0.3) is 0 Å². The Balaban J connectivity index is 1.54. The zero-order chi connectivity index (χ0) is 21.4. The summed E-state index contributed by atoms with van der Waals surface area (Å²) in [6, 6.07) is 21.1. The third kappa shape index (κ3) is 3.36. The number of nitrogens with zero attached hydrogens (tertiary/aromatic N) is 4. The van der Waals surface area contributed by atoms with Crippen molar-refractivity contribution in [2.45, 2.75) is 0 Å². The Kier molecular flexibility index (Phi) is 4.55. The fourth-order valence-corrected chi connectivity index (χ4v) is 3.64. The Morgan fingerprint density at radius 3 is 2.52 bits per heavy atom. The van der Waals surface area contributed by atoms with Gasteiger partial charge in [0.15, 0.2) is 5.82 Å². The normalized spacial score (nSPS) is 11.0. The van der Waals surface area contributed by atoms with Gasteiger partial charge < -0.3 is 14.6 Å². The van der Waals surface area contributed by atoms with Crippen LogP contribution < -0.4 is 5.32 Å². The first-order valence-corrected chi connectivity index (χ1v) is 9.76. The molecule has 2 aromatic heterocycles. The lowest BCUT2D eigenvalue weighted by atomic mass is 10.0. The van der Waals surface area contributed by atoms with Crippen LogP contribution in [0.4, 0.5) is 11.5 Å². The summed E-state index contributed by atoms with van der Waals surface area (Å²) in [5.41, 5.74) is 4.97. The molecule has 0 aliphatic carbocycles. The molecule has 5 rings (SSSR count). The molecule has 7 heteroatoms. The van der Waals surface area contributed by atoms with E-state index >= 15 is 0 Å². The van der Waals surface area contributed by atoms with E-state index in [4.69, 9.17) is 4.74 Å². The number of nitrogens with one attached hydrogen (secondary N) is 1. The van der Waals surface area contributed by atoms with Crippen molar-refractivity contribution >= 4 is 39.3 Å². The average molecular weight is 409 g/mol. The highest BCUT2D eigenvalue weighted by atomic mass is 16.5. The third-order valence-corrected chi connectivity index (χ3v) is 5.25. The minimum Gasteiger partial charge on any atom is -0.465 e. The number of aryl methyl sites for hydroxylation is 1. The number of carbonyl (C=O) groups excluding carboxylic acids is 1. The SMILES string of the molecule is COC(=O)c1ccc(-c2nnc(Nc3ccc4c(c3)ncn4C)c3ccccc23)cc1. The topological polar surface area (TPSA) is 81.9 Å². The van der Waals surface area contributed by atoms with E-state index in [1.165, 1.54) is 7.11 Å². The Bertz CT molecular complexity index is 1420. The van der Waals surface area contributed by atoms with Gasteiger partial charge in [-0.3, -0.25) is 0 Å². The molecule has 0 aliphatic heterocycles.